The molecule has 140 valence electrons. The van der Waals surface area contributed by atoms with E-state index in [0.717, 1.165) is 43.1 Å². The fourth-order valence-electron chi connectivity index (χ4n) is 2.97. The standard InChI is InChI=1S/C16H13N3O2.C4H9NO/c1-10-13(16(20)21)15(12-4-8-18-9-5-12)19-14(10)11-2-6-17-7-3-11;1-3-6-4-2-5-1/h2-9,19H,1H3,(H,20,21);5H,1-4H2. The lowest BCUT2D eigenvalue weighted by Gasteiger charge is -2.07. The van der Waals surface area contributed by atoms with E-state index in [2.05, 4.69) is 20.3 Å². The molecule has 1 fully saturated rings. The number of nitrogens with one attached hydrogen (secondary N) is 1. The van der Waals surface area contributed by atoms with Crippen molar-refractivity contribution in [3.63, 3.8) is 0 Å². The Morgan fingerprint density at radius 3 is 1.93 bits per heavy atom. The van der Waals surface area contributed by atoms with E-state index in [1.54, 1.807) is 43.8 Å². The number of aromatic nitrogens is 3. The summed E-state index contributed by atoms with van der Waals surface area (Å²) in [4.78, 5) is 22.6. The number of carbonyl (C=O) groups excluding carboxylic acids is 1. The van der Waals surface area contributed by atoms with Gasteiger partial charge >= 0.3 is 0 Å². The fraction of sp³-hybridized carbons (Fsp3) is 0.250. The molecule has 0 aromatic carbocycles. The van der Waals surface area contributed by atoms with Crippen LogP contribution in [0.4, 0.5) is 0 Å². The van der Waals surface area contributed by atoms with E-state index in [9.17, 15) is 9.90 Å². The highest BCUT2D eigenvalue weighted by molar-refractivity contribution is 5.98. The van der Waals surface area contributed by atoms with E-state index in [1.807, 2.05) is 12.1 Å². The van der Waals surface area contributed by atoms with Gasteiger partial charge in [0.2, 0.25) is 0 Å². The molecule has 0 saturated carbocycles. The SMILES string of the molecule is C1COCC[NH2+]1.Cc1c(-c2ccncc2)[nH]c(-c2ccncc2)c1C(=O)[O-]. The van der Waals surface area contributed by atoms with Crippen molar-refractivity contribution in [2.75, 3.05) is 26.3 Å². The van der Waals surface area contributed by atoms with Crippen molar-refractivity contribution >= 4 is 5.97 Å². The molecule has 4 heterocycles. The lowest BCUT2D eigenvalue weighted by Crippen LogP contribution is -2.87. The Labute approximate surface area is 157 Å². The first-order chi connectivity index (χ1) is 13.2. The first-order valence-corrected chi connectivity index (χ1v) is 8.82. The van der Waals surface area contributed by atoms with Gasteiger partial charge in [-0.3, -0.25) is 9.97 Å². The molecule has 7 heteroatoms. The lowest BCUT2D eigenvalue weighted by atomic mass is 10.0. The highest BCUT2D eigenvalue weighted by Crippen LogP contribution is 2.32. The second kappa shape index (κ2) is 9.07. The first-order valence-electron chi connectivity index (χ1n) is 8.82. The third-order valence-electron chi connectivity index (χ3n) is 4.32. The quantitative estimate of drug-likeness (QED) is 0.697. The van der Waals surface area contributed by atoms with Crippen molar-refractivity contribution in [2.24, 2.45) is 0 Å². The van der Waals surface area contributed by atoms with Crippen LogP contribution in [0.1, 0.15) is 15.9 Å². The van der Waals surface area contributed by atoms with E-state index in [0.29, 0.717) is 11.3 Å². The number of hydrogen-bond acceptors (Lipinski definition) is 5. The predicted molar refractivity (Wildman–Crippen MR) is 98.8 cm³/mol. The maximum atomic E-state index is 11.5. The minimum Gasteiger partial charge on any atom is -0.545 e. The number of carboxylic acids is 1. The van der Waals surface area contributed by atoms with Crippen LogP contribution in [-0.4, -0.2) is 47.2 Å². The molecule has 4 rings (SSSR count). The van der Waals surface area contributed by atoms with Gasteiger partial charge in [-0.05, 0) is 36.8 Å². The number of aromatic carboxylic acids is 1. The van der Waals surface area contributed by atoms with E-state index in [1.165, 1.54) is 0 Å². The van der Waals surface area contributed by atoms with Gasteiger partial charge in [-0.1, -0.05) is 0 Å². The van der Waals surface area contributed by atoms with Gasteiger partial charge in [0.05, 0.1) is 38.0 Å². The van der Waals surface area contributed by atoms with E-state index >= 15 is 0 Å². The summed E-state index contributed by atoms with van der Waals surface area (Å²) < 4.78 is 5.04. The zero-order chi connectivity index (χ0) is 19.1. The van der Waals surface area contributed by atoms with Crippen LogP contribution >= 0.6 is 0 Å². The molecular formula is C20H22N4O3. The number of carbonyl (C=O) groups is 1. The van der Waals surface area contributed by atoms with Gasteiger partial charge in [-0.25, -0.2) is 0 Å². The van der Waals surface area contributed by atoms with Gasteiger partial charge in [-0.15, -0.1) is 0 Å². The molecule has 0 atom stereocenters. The van der Waals surface area contributed by atoms with Crippen LogP contribution in [0.5, 0.6) is 0 Å². The van der Waals surface area contributed by atoms with Crippen molar-refractivity contribution < 1.29 is 20.0 Å². The van der Waals surface area contributed by atoms with Crippen LogP contribution in [0.15, 0.2) is 49.1 Å². The van der Waals surface area contributed by atoms with Crippen molar-refractivity contribution in [2.45, 2.75) is 6.92 Å². The number of rotatable bonds is 3. The topological polar surface area (TPSA) is 108 Å². The summed E-state index contributed by atoms with van der Waals surface area (Å²) in [5, 5.41) is 13.8. The molecular weight excluding hydrogens is 344 g/mol. The largest absolute Gasteiger partial charge is 0.545 e. The maximum absolute atomic E-state index is 11.5. The molecule has 27 heavy (non-hydrogen) atoms. The molecule has 1 aliphatic heterocycles. The number of morpholine rings is 1. The first kappa shape index (κ1) is 18.8. The predicted octanol–water partition coefficient (Wildman–Crippen LogP) is 0.391. The molecule has 1 aliphatic rings. The van der Waals surface area contributed by atoms with Crippen molar-refractivity contribution in [3.8, 4) is 22.5 Å². The highest BCUT2D eigenvalue weighted by Gasteiger charge is 2.17. The van der Waals surface area contributed by atoms with Crippen molar-refractivity contribution in [1.29, 1.82) is 0 Å². The van der Waals surface area contributed by atoms with Crippen LogP contribution in [-0.2, 0) is 4.74 Å². The smallest absolute Gasteiger partial charge is 0.0993 e. The molecule has 0 bridgehead atoms. The monoisotopic (exact) mass is 366 g/mol. The number of ether oxygens (including phenoxy) is 1. The second-order valence-electron chi connectivity index (χ2n) is 6.11. The summed E-state index contributed by atoms with van der Waals surface area (Å²) in [6, 6.07) is 7.17. The van der Waals surface area contributed by atoms with Crippen molar-refractivity contribution in [3.05, 3.63) is 60.2 Å². The van der Waals surface area contributed by atoms with Gasteiger partial charge in [0.15, 0.2) is 0 Å². The van der Waals surface area contributed by atoms with Gasteiger partial charge in [-0.2, -0.15) is 0 Å². The average molecular weight is 366 g/mol. The summed E-state index contributed by atoms with van der Waals surface area (Å²) in [5.41, 5.74) is 3.74. The van der Waals surface area contributed by atoms with Gasteiger partial charge in [0.1, 0.15) is 0 Å². The Morgan fingerprint density at radius 2 is 1.52 bits per heavy atom. The lowest BCUT2D eigenvalue weighted by molar-refractivity contribution is -0.670. The fourth-order valence-corrected chi connectivity index (χ4v) is 2.97. The second-order valence-corrected chi connectivity index (χ2v) is 6.11. The number of carboxylic acid groups (broad SMARTS) is 1. The molecule has 0 aliphatic carbocycles. The normalized spacial score (nSPS) is 13.5. The molecule has 3 aromatic heterocycles. The summed E-state index contributed by atoms with van der Waals surface area (Å²) in [5.74, 6) is -1.20. The molecule has 0 unspecified atom stereocenters. The van der Waals surface area contributed by atoms with E-state index in [4.69, 9.17) is 4.74 Å². The zero-order valence-electron chi connectivity index (χ0n) is 15.1. The maximum Gasteiger partial charge on any atom is 0.0993 e. The number of quaternary nitrogens is 1. The number of nitrogens with zero attached hydrogens (tertiary/aromatic N) is 2. The van der Waals surface area contributed by atoms with Gasteiger partial charge in [0, 0.05) is 47.2 Å². The minimum absolute atomic E-state index is 0.174. The van der Waals surface area contributed by atoms with Gasteiger partial charge < -0.3 is 24.9 Å². The Morgan fingerprint density at radius 1 is 1.00 bits per heavy atom. The van der Waals surface area contributed by atoms with E-state index < -0.39 is 5.97 Å². The minimum atomic E-state index is -1.20. The third kappa shape index (κ3) is 4.58. The number of pyridine rings is 2. The number of hydrogen-bond donors (Lipinski definition) is 2. The zero-order valence-corrected chi connectivity index (χ0v) is 15.1. The molecule has 7 nitrogen and oxygen atoms in total. The Bertz CT molecular complexity index is 863. The molecule has 3 N–H and O–H groups in total. The van der Waals surface area contributed by atoms with Crippen LogP contribution in [0, 0.1) is 6.92 Å². The Hall–Kier alpha value is -3.03. The molecule has 0 amide bonds. The number of aromatic amines is 1. The third-order valence-corrected chi connectivity index (χ3v) is 4.32. The molecule has 1 saturated heterocycles. The summed E-state index contributed by atoms with van der Waals surface area (Å²) in [7, 11) is 0. The van der Waals surface area contributed by atoms with Crippen LogP contribution in [0.25, 0.3) is 22.5 Å². The van der Waals surface area contributed by atoms with Crippen molar-refractivity contribution in [1.82, 2.24) is 15.0 Å². The Balaban J connectivity index is 0.000000299. The van der Waals surface area contributed by atoms with Crippen LogP contribution in [0.3, 0.4) is 0 Å². The average Bonchev–Trinajstić information content (AvgIpc) is 3.08. The molecule has 0 spiro atoms. The summed E-state index contributed by atoms with van der Waals surface area (Å²) in [6.45, 7) is 5.96. The molecule has 3 aromatic rings. The van der Waals surface area contributed by atoms with Crippen LogP contribution < -0.4 is 10.4 Å². The number of H-pyrrole nitrogens is 1. The van der Waals surface area contributed by atoms with E-state index in [-0.39, 0.29) is 5.56 Å². The summed E-state index contributed by atoms with van der Waals surface area (Å²) >= 11 is 0. The summed E-state index contributed by atoms with van der Waals surface area (Å²) in [6.07, 6.45) is 6.58. The van der Waals surface area contributed by atoms with Gasteiger partial charge in [0.25, 0.3) is 0 Å². The number of nitrogens with two attached hydrogens (primary N) is 1. The highest BCUT2D eigenvalue weighted by atomic mass is 16.5. The molecule has 0 radical (unpaired) electrons. The van der Waals surface area contributed by atoms with Crippen LogP contribution in [0.2, 0.25) is 0 Å². The Kier molecular flexibility index (Phi) is 6.30.